The first-order valence-corrected chi connectivity index (χ1v) is 11.6. The quantitative estimate of drug-likeness (QED) is 0.292. The van der Waals surface area contributed by atoms with Crippen LogP contribution in [0.15, 0.2) is 22.6 Å². The zero-order valence-corrected chi connectivity index (χ0v) is 19.3. The van der Waals surface area contributed by atoms with Crippen LogP contribution < -0.4 is 14.8 Å². The molecule has 1 N–H and O–H groups in total. The lowest BCUT2D eigenvalue weighted by atomic mass is 10.1. The highest BCUT2D eigenvalue weighted by Gasteiger charge is 2.16. The summed E-state index contributed by atoms with van der Waals surface area (Å²) < 4.78 is 16.4. The van der Waals surface area contributed by atoms with Crippen LogP contribution in [0.2, 0.25) is 0 Å². The predicted octanol–water partition coefficient (Wildman–Crippen LogP) is 6.95. The van der Waals surface area contributed by atoms with Gasteiger partial charge in [0.15, 0.2) is 11.5 Å². The van der Waals surface area contributed by atoms with Gasteiger partial charge in [0.05, 0.1) is 14.2 Å². The van der Waals surface area contributed by atoms with Crippen LogP contribution in [0.3, 0.4) is 0 Å². The number of benzene rings is 1. The molecule has 0 fully saturated rings. The van der Waals surface area contributed by atoms with Gasteiger partial charge in [-0.25, -0.2) is 0 Å². The fourth-order valence-corrected chi connectivity index (χ4v) is 3.60. The Balaban J connectivity index is 1.72. The molecule has 1 heterocycles. The third-order valence-corrected chi connectivity index (χ3v) is 5.43. The first-order chi connectivity index (χ1) is 15.2. The summed E-state index contributed by atoms with van der Waals surface area (Å²) in [5.74, 6) is 2.04. The molecule has 0 aliphatic heterocycles. The van der Waals surface area contributed by atoms with Gasteiger partial charge in [-0.15, -0.1) is 0 Å². The van der Waals surface area contributed by atoms with Gasteiger partial charge in [-0.2, -0.15) is 10.2 Å². The van der Waals surface area contributed by atoms with E-state index in [1.165, 1.54) is 64.2 Å². The van der Waals surface area contributed by atoms with E-state index in [0.717, 1.165) is 18.5 Å². The first-order valence-electron chi connectivity index (χ1n) is 11.6. The van der Waals surface area contributed by atoms with E-state index in [1.807, 2.05) is 6.07 Å². The van der Waals surface area contributed by atoms with Gasteiger partial charge in [0.2, 0.25) is 17.5 Å². The van der Waals surface area contributed by atoms with Crippen molar-refractivity contribution in [1.29, 1.82) is 5.26 Å². The Labute approximate surface area is 187 Å². The molecule has 0 spiro atoms. The minimum atomic E-state index is 0.271. The Kier molecular flexibility index (Phi) is 11.4. The Morgan fingerprint density at radius 1 is 0.903 bits per heavy atom. The number of ether oxygens (including phenoxy) is 2. The molecule has 0 saturated heterocycles. The van der Waals surface area contributed by atoms with Crippen molar-refractivity contribution >= 4 is 5.88 Å². The monoisotopic (exact) mass is 427 g/mol. The number of oxazole rings is 1. The highest BCUT2D eigenvalue weighted by atomic mass is 16.5. The van der Waals surface area contributed by atoms with Crippen molar-refractivity contribution in [3.05, 3.63) is 23.9 Å². The van der Waals surface area contributed by atoms with Crippen LogP contribution in [0.1, 0.15) is 83.2 Å². The van der Waals surface area contributed by atoms with Gasteiger partial charge in [0.1, 0.15) is 6.07 Å². The van der Waals surface area contributed by atoms with E-state index in [4.69, 9.17) is 13.9 Å². The molecule has 1 aromatic carbocycles. The number of unbranched alkanes of at least 4 members (excludes halogenated alkanes) is 10. The Bertz CT molecular complexity index is 811. The Hall–Kier alpha value is -2.68. The van der Waals surface area contributed by atoms with E-state index in [1.54, 1.807) is 26.4 Å². The molecule has 6 nitrogen and oxygen atoms in total. The van der Waals surface area contributed by atoms with Gasteiger partial charge in [-0.1, -0.05) is 71.1 Å². The van der Waals surface area contributed by atoms with Gasteiger partial charge in [0, 0.05) is 12.1 Å². The van der Waals surface area contributed by atoms with Crippen molar-refractivity contribution in [3.63, 3.8) is 0 Å². The van der Waals surface area contributed by atoms with Gasteiger partial charge in [0.25, 0.3) is 0 Å². The largest absolute Gasteiger partial charge is 0.493 e. The lowest BCUT2D eigenvalue weighted by molar-refractivity contribution is 0.355. The predicted molar refractivity (Wildman–Crippen MR) is 125 cm³/mol. The SMILES string of the molecule is CCCCCCCCCCCCCNc1oc(-c2ccc(OC)c(OC)c2)nc1C#N. The van der Waals surface area contributed by atoms with Crippen LogP contribution in [0.4, 0.5) is 5.88 Å². The minimum absolute atomic E-state index is 0.271. The Morgan fingerprint density at radius 2 is 1.52 bits per heavy atom. The molecular weight excluding hydrogens is 390 g/mol. The molecule has 0 bridgehead atoms. The summed E-state index contributed by atoms with van der Waals surface area (Å²) in [5.41, 5.74) is 1.00. The number of anilines is 1. The number of rotatable bonds is 16. The van der Waals surface area contributed by atoms with Crippen molar-refractivity contribution in [2.75, 3.05) is 26.1 Å². The zero-order valence-electron chi connectivity index (χ0n) is 19.3. The molecule has 1 aromatic heterocycles. The van der Waals surface area contributed by atoms with E-state index in [9.17, 15) is 5.26 Å². The zero-order chi connectivity index (χ0) is 22.3. The molecule has 0 aliphatic rings. The second-order valence-corrected chi connectivity index (χ2v) is 7.84. The summed E-state index contributed by atoms with van der Waals surface area (Å²) in [7, 11) is 3.17. The highest BCUT2D eigenvalue weighted by molar-refractivity contribution is 5.63. The fourth-order valence-electron chi connectivity index (χ4n) is 3.60. The first kappa shape index (κ1) is 24.6. The summed E-state index contributed by atoms with van der Waals surface area (Å²) >= 11 is 0. The average molecular weight is 428 g/mol. The fraction of sp³-hybridized carbons (Fsp3) is 0.600. The van der Waals surface area contributed by atoms with Gasteiger partial charge in [-0.3, -0.25) is 0 Å². The molecule has 2 aromatic rings. The van der Waals surface area contributed by atoms with Crippen LogP contribution in [-0.4, -0.2) is 25.7 Å². The van der Waals surface area contributed by atoms with E-state index < -0.39 is 0 Å². The van der Waals surface area contributed by atoms with Crippen molar-refractivity contribution in [3.8, 4) is 29.0 Å². The molecule has 0 atom stereocenters. The topological polar surface area (TPSA) is 80.3 Å². The summed E-state index contributed by atoms with van der Waals surface area (Å²) in [6.45, 7) is 3.03. The molecule has 0 aliphatic carbocycles. The number of nitrogens with one attached hydrogen (secondary N) is 1. The van der Waals surface area contributed by atoms with E-state index in [-0.39, 0.29) is 5.69 Å². The van der Waals surface area contributed by atoms with Gasteiger partial charge < -0.3 is 19.2 Å². The van der Waals surface area contributed by atoms with Gasteiger partial charge in [-0.05, 0) is 24.6 Å². The number of hydrogen-bond donors (Lipinski definition) is 1. The highest BCUT2D eigenvalue weighted by Crippen LogP contribution is 2.33. The van der Waals surface area contributed by atoms with Crippen LogP contribution in [-0.2, 0) is 0 Å². The summed E-state index contributed by atoms with van der Waals surface area (Å²) in [4.78, 5) is 4.32. The summed E-state index contributed by atoms with van der Waals surface area (Å²) in [6.07, 6.45) is 14.4. The molecule has 0 saturated carbocycles. The smallest absolute Gasteiger partial charge is 0.232 e. The second-order valence-electron chi connectivity index (χ2n) is 7.84. The van der Waals surface area contributed by atoms with E-state index in [2.05, 4.69) is 23.3 Å². The summed E-state index contributed by atoms with van der Waals surface area (Å²) in [5, 5.41) is 12.6. The number of aromatic nitrogens is 1. The molecule has 0 amide bonds. The number of nitriles is 1. The summed E-state index contributed by atoms with van der Waals surface area (Å²) in [6, 6.07) is 7.53. The molecule has 0 radical (unpaired) electrons. The van der Waals surface area contributed by atoms with Crippen molar-refractivity contribution in [2.24, 2.45) is 0 Å². The van der Waals surface area contributed by atoms with Crippen LogP contribution >= 0.6 is 0 Å². The minimum Gasteiger partial charge on any atom is -0.493 e. The third-order valence-electron chi connectivity index (χ3n) is 5.43. The maximum absolute atomic E-state index is 9.40. The maximum atomic E-state index is 9.40. The van der Waals surface area contributed by atoms with Crippen molar-refractivity contribution in [2.45, 2.75) is 77.6 Å². The molecule has 170 valence electrons. The molecule has 31 heavy (non-hydrogen) atoms. The van der Waals surface area contributed by atoms with Crippen molar-refractivity contribution in [1.82, 2.24) is 4.98 Å². The second kappa shape index (κ2) is 14.3. The van der Waals surface area contributed by atoms with Gasteiger partial charge >= 0.3 is 0 Å². The molecular formula is C25H37N3O3. The van der Waals surface area contributed by atoms with Crippen LogP contribution in [0, 0.1) is 11.3 Å². The van der Waals surface area contributed by atoms with Crippen molar-refractivity contribution < 1.29 is 13.9 Å². The van der Waals surface area contributed by atoms with Crippen LogP contribution in [0.25, 0.3) is 11.5 Å². The molecule has 6 heteroatoms. The molecule has 2 rings (SSSR count). The lowest BCUT2D eigenvalue weighted by Gasteiger charge is -2.07. The number of nitrogens with zero attached hydrogens (tertiary/aromatic N) is 2. The van der Waals surface area contributed by atoms with E-state index in [0.29, 0.717) is 23.3 Å². The van der Waals surface area contributed by atoms with E-state index >= 15 is 0 Å². The average Bonchev–Trinajstić information content (AvgIpc) is 3.22. The lowest BCUT2D eigenvalue weighted by Crippen LogP contribution is -2.01. The standard InChI is InChI=1S/C25H37N3O3/c1-4-5-6-7-8-9-10-11-12-13-14-17-27-25-21(19-26)28-24(31-25)20-15-16-22(29-2)23(18-20)30-3/h15-16,18,27H,4-14,17H2,1-3H3. The molecule has 0 unspecified atom stereocenters. The normalized spacial score (nSPS) is 10.6. The number of hydrogen-bond acceptors (Lipinski definition) is 6. The van der Waals surface area contributed by atoms with Crippen LogP contribution in [0.5, 0.6) is 11.5 Å². The maximum Gasteiger partial charge on any atom is 0.232 e. The Morgan fingerprint density at radius 3 is 2.10 bits per heavy atom. The number of methoxy groups -OCH3 is 2. The third kappa shape index (κ3) is 8.16.